The maximum absolute atomic E-state index is 11.6. The molecule has 0 unspecified atom stereocenters. The lowest BCUT2D eigenvalue weighted by molar-refractivity contribution is 0.387. The molecule has 0 aromatic carbocycles. The normalized spacial score (nSPS) is 17.1. The summed E-state index contributed by atoms with van der Waals surface area (Å²) in [7, 11) is -3.10. The maximum atomic E-state index is 11.6. The highest BCUT2D eigenvalue weighted by molar-refractivity contribution is 7.88. The van der Waals surface area contributed by atoms with Crippen molar-refractivity contribution in [3.63, 3.8) is 0 Å². The summed E-state index contributed by atoms with van der Waals surface area (Å²) in [5, 5.41) is 1.06. The van der Waals surface area contributed by atoms with Crippen LogP contribution in [0.4, 0.5) is 5.82 Å². The molecular weight excluding hydrogens is 300 g/mol. The van der Waals surface area contributed by atoms with Gasteiger partial charge in [-0.2, -0.15) is 4.31 Å². The minimum Gasteiger partial charge on any atom is -0.354 e. The standard InChI is InChI=1S/C15H20N4O2S/c1-11-10-12(2)16-15-13(11)4-5-14(17-15)18-6-8-19(9-7-18)22(3,20)21/h4-5,10H,6-9H2,1-3H3. The van der Waals surface area contributed by atoms with Gasteiger partial charge in [0.05, 0.1) is 6.26 Å². The summed E-state index contributed by atoms with van der Waals surface area (Å²) in [6, 6.07) is 6.08. The van der Waals surface area contributed by atoms with E-state index in [1.54, 1.807) is 0 Å². The topological polar surface area (TPSA) is 66.4 Å². The first-order valence-electron chi connectivity index (χ1n) is 7.30. The van der Waals surface area contributed by atoms with E-state index >= 15 is 0 Å². The summed E-state index contributed by atoms with van der Waals surface area (Å²) in [4.78, 5) is 11.3. The maximum Gasteiger partial charge on any atom is 0.211 e. The zero-order chi connectivity index (χ0) is 15.9. The number of pyridine rings is 2. The van der Waals surface area contributed by atoms with Crippen LogP contribution in [0.5, 0.6) is 0 Å². The van der Waals surface area contributed by atoms with Crippen LogP contribution in [0.15, 0.2) is 18.2 Å². The number of hydrogen-bond acceptors (Lipinski definition) is 5. The lowest BCUT2D eigenvalue weighted by atomic mass is 10.1. The van der Waals surface area contributed by atoms with Crippen LogP contribution in [0.25, 0.3) is 11.0 Å². The molecule has 7 heteroatoms. The Hall–Kier alpha value is -1.73. The average molecular weight is 320 g/mol. The molecule has 22 heavy (non-hydrogen) atoms. The van der Waals surface area contributed by atoms with Crippen LogP contribution in [0.1, 0.15) is 11.3 Å². The number of rotatable bonds is 2. The van der Waals surface area contributed by atoms with Crippen LogP contribution in [0.2, 0.25) is 0 Å². The molecule has 118 valence electrons. The minimum atomic E-state index is -3.10. The molecule has 0 aliphatic carbocycles. The Balaban J connectivity index is 1.86. The highest BCUT2D eigenvalue weighted by Gasteiger charge is 2.24. The van der Waals surface area contributed by atoms with E-state index in [9.17, 15) is 8.42 Å². The predicted octanol–water partition coefficient (Wildman–Crippen LogP) is 1.33. The lowest BCUT2D eigenvalue weighted by Crippen LogP contribution is -2.48. The van der Waals surface area contributed by atoms with Crippen molar-refractivity contribution in [2.24, 2.45) is 0 Å². The van der Waals surface area contributed by atoms with Gasteiger partial charge in [0.15, 0.2) is 5.65 Å². The van der Waals surface area contributed by atoms with Crippen LogP contribution in [-0.2, 0) is 10.0 Å². The van der Waals surface area contributed by atoms with Gasteiger partial charge in [-0.25, -0.2) is 18.4 Å². The van der Waals surface area contributed by atoms with E-state index in [-0.39, 0.29) is 0 Å². The van der Waals surface area contributed by atoms with Crippen LogP contribution in [0.3, 0.4) is 0 Å². The fourth-order valence-corrected chi connectivity index (χ4v) is 3.67. The number of fused-ring (bicyclic) bond motifs is 1. The summed E-state index contributed by atoms with van der Waals surface area (Å²) in [6.07, 6.45) is 1.26. The fourth-order valence-electron chi connectivity index (χ4n) is 2.85. The molecule has 0 atom stereocenters. The Labute approximate surface area is 130 Å². The van der Waals surface area contributed by atoms with Crippen LogP contribution in [-0.4, -0.2) is 55.1 Å². The van der Waals surface area contributed by atoms with Gasteiger partial charge in [0.25, 0.3) is 0 Å². The number of aromatic nitrogens is 2. The molecule has 2 aromatic rings. The summed E-state index contributed by atoms with van der Waals surface area (Å²) in [6.45, 7) is 6.32. The van der Waals surface area contributed by atoms with Crippen molar-refractivity contribution < 1.29 is 8.42 Å². The molecule has 3 heterocycles. The summed E-state index contributed by atoms with van der Waals surface area (Å²) < 4.78 is 24.6. The first-order valence-corrected chi connectivity index (χ1v) is 9.14. The van der Waals surface area contributed by atoms with Crippen molar-refractivity contribution in [1.29, 1.82) is 0 Å². The minimum absolute atomic E-state index is 0.499. The van der Waals surface area contributed by atoms with Crippen molar-refractivity contribution in [2.75, 3.05) is 37.3 Å². The lowest BCUT2D eigenvalue weighted by Gasteiger charge is -2.34. The zero-order valence-electron chi connectivity index (χ0n) is 13.1. The molecule has 0 saturated carbocycles. The van der Waals surface area contributed by atoms with Crippen molar-refractivity contribution in [3.05, 3.63) is 29.5 Å². The fraction of sp³-hybridized carbons (Fsp3) is 0.467. The van der Waals surface area contributed by atoms with Crippen LogP contribution < -0.4 is 4.90 Å². The highest BCUT2D eigenvalue weighted by atomic mass is 32.2. The van der Waals surface area contributed by atoms with Crippen molar-refractivity contribution in [1.82, 2.24) is 14.3 Å². The Kier molecular flexibility index (Phi) is 3.78. The van der Waals surface area contributed by atoms with Gasteiger partial charge >= 0.3 is 0 Å². The van der Waals surface area contributed by atoms with Crippen molar-refractivity contribution >= 4 is 26.9 Å². The van der Waals surface area contributed by atoms with Gasteiger partial charge in [-0.15, -0.1) is 0 Å². The Morgan fingerprint density at radius 3 is 2.36 bits per heavy atom. The van der Waals surface area contributed by atoms with E-state index in [1.807, 2.05) is 19.1 Å². The number of piperazine rings is 1. The highest BCUT2D eigenvalue weighted by Crippen LogP contribution is 2.21. The molecule has 0 bridgehead atoms. The SMILES string of the molecule is Cc1cc(C)c2ccc(N3CCN(S(C)(=O)=O)CC3)nc2n1. The van der Waals surface area contributed by atoms with E-state index in [1.165, 1.54) is 16.1 Å². The molecule has 1 aliphatic rings. The molecule has 1 fully saturated rings. The first-order chi connectivity index (χ1) is 10.3. The Morgan fingerprint density at radius 1 is 1.05 bits per heavy atom. The number of nitrogens with zero attached hydrogens (tertiary/aromatic N) is 4. The van der Waals surface area contributed by atoms with Crippen LogP contribution >= 0.6 is 0 Å². The van der Waals surface area contributed by atoms with E-state index < -0.39 is 10.0 Å². The van der Waals surface area contributed by atoms with Crippen molar-refractivity contribution in [2.45, 2.75) is 13.8 Å². The van der Waals surface area contributed by atoms with Crippen LogP contribution in [0, 0.1) is 13.8 Å². The van der Waals surface area contributed by atoms with Gasteiger partial charge in [0.1, 0.15) is 5.82 Å². The molecule has 2 aromatic heterocycles. The molecular formula is C15H20N4O2S. The van der Waals surface area contributed by atoms with E-state index in [0.717, 1.165) is 22.5 Å². The van der Waals surface area contributed by atoms with Gasteiger partial charge in [-0.1, -0.05) is 0 Å². The third-order valence-electron chi connectivity index (χ3n) is 4.02. The van der Waals surface area contributed by atoms with E-state index in [0.29, 0.717) is 26.2 Å². The second kappa shape index (κ2) is 5.48. The number of hydrogen-bond donors (Lipinski definition) is 0. The number of sulfonamides is 1. The molecule has 3 rings (SSSR count). The monoisotopic (exact) mass is 320 g/mol. The third kappa shape index (κ3) is 2.91. The average Bonchev–Trinajstić information content (AvgIpc) is 2.45. The smallest absolute Gasteiger partial charge is 0.211 e. The number of aryl methyl sites for hydroxylation is 2. The Bertz CT molecular complexity index is 812. The molecule has 0 spiro atoms. The van der Waals surface area contributed by atoms with Gasteiger partial charge in [0.2, 0.25) is 10.0 Å². The predicted molar refractivity (Wildman–Crippen MR) is 87.6 cm³/mol. The van der Waals surface area contributed by atoms with Gasteiger partial charge in [-0.05, 0) is 37.6 Å². The zero-order valence-corrected chi connectivity index (χ0v) is 13.9. The van der Waals surface area contributed by atoms with E-state index in [2.05, 4.69) is 27.9 Å². The molecule has 6 nitrogen and oxygen atoms in total. The summed E-state index contributed by atoms with van der Waals surface area (Å²) in [5.41, 5.74) is 2.88. The molecule has 0 radical (unpaired) electrons. The van der Waals surface area contributed by atoms with Gasteiger partial charge < -0.3 is 4.90 Å². The summed E-state index contributed by atoms with van der Waals surface area (Å²) in [5.74, 6) is 0.859. The molecule has 0 amide bonds. The van der Waals surface area contributed by atoms with Gasteiger partial charge in [0, 0.05) is 37.3 Å². The largest absolute Gasteiger partial charge is 0.354 e. The van der Waals surface area contributed by atoms with Gasteiger partial charge in [-0.3, -0.25) is 0 Å². The second-order valence-corrected chi connectivity index (χ2v) is 7.75. The third-order valence-corrected chi connectivity index (χ3v) is 5.33. The molecule has 1 aliphatic heterocycles. The molecule has 0 N–H and O–H groups in total. The van der Waals surface area contributed by atoms with Crippen molar-refractivity contribution in [3.8, 4) is 0 Å². The first kappa shape index (κ1) is 15.2. The van der Waals surface area contributed by atoms with E-state index in [4.69, 9.17) is 0 Å². The second-order valence-electron chi connectivity index (χ2n) is 5.77. The summed E-state index contributed by atoms with van der Waals surface area (Å²) >= 11 is 0. The quantitative estimate of drug-likeness (QED) is 0.835. The number of anilines is 1. The Morgan fingerprint density at radius 2 is 1.73 bits per heavy atom. The molecule has 1 saturated heterocycles.